The van der Waals surface area contributed by atoms with E-state index in [-0.39, 0.29) is 18.4 Å². The third-order valence-corrected chi connectivity index (χ3v) is 3.27. The van der Waals surface area contributed by atoms with Gasteiger partial charge in [-0.25, -0.2) is 0 Å². The van der Waals surface area contributed by atoms with Gasteiger partial charge in [0.15, 0.2) is 0 Å². The van der Waals surface area contributed by atoms with Crippen LogP contribution in [-0.4, -0.2) is 48.7 Å². The zero-order valence-corrected chi connectivity index (χ0v) is 8.41. The standard InChI is InChI=1S/C10H18N2O2/c13-7-8-2-4-12(6-8)10(14)9-1-3-11-5-9/h8-9,11,13H,1-7H2/t8-,9+/m0/s1. The van der Waals surface area contributed by atoms with Crippen LogP contribution in [0.1, 0.15) is 12.8 Å². The summed E-state index contributed by atoms with van der Waals surface area (Å²) in [5.74, 6) is 0.784. The van der Waals surface area contributed by atoms with Gasteiger partial charge < -0.3 is 15.3 Å². The molecule has 2 rings (SSSR count). The number of nitrogens with one attached hydrogen (secondary N) is 1. The summed E-state index contributed by atoms with van der Waals surface area (Å²) in [5, 5.41) is 12.2. The fraction of sp³-hybridized carbons (Fsp3) is 0.900. The number of hydrogen-bond acceptors (Lipinski definition) is 3. The third kappa shape index (κ3) is 1.91. The van der Waals surface area contributed by atoms with Gasteiger partial charge in [-0.05, 0) is 19.4 Å². The Balaban J connectivity index is 1.86. The number of hydrogen-bond donors (Lipinski definition) is 2. The molecule has 0 radical (unpaired) electrons. The summed E-state index contributed by atoms with van der Waals surface area (Å²) < 4.78 is 0. The van der Waals surface area contributed by atoms with E-state index in [0.29, 0.717) is 5.92 Å². The predicted molar refractivity (Wildman–Crippen MR) is 52.7 cm³/mol. The van der Waals surface area contributed by atoms with Crippen molar-refractivity contribution in [2.75, 3.05) is 32.8 Å². The van der Waals surface area contributed by atoms with Crippen LogP contribution in [0.3, 0.4) is 0 Å². The molecule has 2 heterocycles. The van der Waals surface area contributed by atoms with E-state index >= 15 is 0 Å². The summed E-state index contributed by atoms with van der Waals surface area (Å²) in [6.45, 7) is 3.60. The molecule has 2 fully saturated rings. The number of carbonyl (C=O) groups excluding carboxylic acids is 1. The van der Waals surface area contributed by atoms with Crippen molar-refractivity contribution in [3.8, 4) is 0 Å². The smallest absolute Gasteiger partial charge is 0.227 e. The van der Waals surface area contributed by atoms with Gasteiger partial charge in [0, 0.05) is 32.2 Å². The topological polar surface area (TPSA) is 52.6 Å². The lowest BCUT2D eigenvalue weighted by atomic mass is 10.1. The molecule has 0 unspecified atom stereocenters. The molecule has 0 bridgehead atoms. The lowest BCUT2D eigenvalue weighted by molar-refractivity contribution is -0.134. The molecule has 14 heavy (non-hydrogen) atoms. The lowest BCUT2D eigenvalue weighted by Gasteiger charge is -2.19. The molecule has 2 aliphatic rings. The number of rotatable bonds is 2. The molecule has 4 heteroatoms. The van der Waals surface area contributed by atoms with Crippen LogP contribution >= 0.6 is 0 Å². The molecule has 2 atom stereocenters. The van der Waals surface area contributed by atoms with Crippen LogP contribution in [0.25, 0.3) is 0 Å². The van der Waals surface area contributed by atoms with Gasteiger partial charge >= 0.3 is 0 Å². The van der Waals surface area contributed by atoms with Crippen LogP contribution < -0.4 is 5.32 Å². The minimum absolute atomic E-state index is 0.187. The summed E-state index contributed by atoms with van der Waals surface area (Å²) in [4.78, 5) is 13.8. The molecule has 2 aliphatic heterocycles. The summed E-state index contributed by atoms with van der Waals surface area (Å²) in [5.41, 5.74) is 0. The maximum atomic E-state index is 11.9. The fourth-order valence-corrected chi connectivity index (χ4v) is 2.31. The highest BCUT2D eigenvalue weighted by molar-refractivity contribution is 5.79. The highest BCUT2D eigenvalue weighted by atomic mass is 16.3. The molecule has 1 amide bonds. The number of likely N-dealkylation sites (tertiary alicyclic amines) is 1. The molecule has 0 aromatic rings. The van der Waals surface area contributed by atoms with Crippen LogP contribution in [0.5, 0.6) is 0 Å². The number of nitrogens with zero attached hydrogens (tertiary/aromatic N) is 1. The largest absolute Gasteiger partial charge is 0.396 e. The van der Waals surface area contributed by atoms with E-state index in [4.69, 9.17) is 5.11 Å². The molecule has 0 saturated carbocycles. The molecule has 4 nitrogen and oxygen atoms in total. The Hall–Kier alpha value is -0.610. The summed E-state index contributed by atoms with van der Waals surface area (Å²) in [6.07, 6.45) is 1.93. The summed E-state index contributed by atoms with van der Waals surface area (Å²) in [7, 11) is 0. The first-order valence-corrected chi connectivity index (χ1v) is 5.41. The molecular formula is C10H18N2O2. The second-order valence-electron chi connectivity index (χ2n) is 4.31. The highest BCUT2D eigenvalue weighted by Crippen LogP contribution is 2.20. The Morgan fingerprint density at radius 2 is 2.36 bits per heavy atom. The molecular weight excluding hydrogens is 180 g/mol. The first kappa shape index (κ1) is 9.93. The molecule has 0 spiro atoms. The van der Waals surface area contributed by atoms with E-state index in [1.807, 2.05) is 4.90 Å². The Labute approximate surface area is 84.3 Å². The van der Waals surface area contributed by atoms with Crippen LogP contribution in [0.4, 0.5) is 0 Å². The average Bonchev–Trinajstić information content (AvgIpc) is 2.88. The second-order valence-corrected chi connectivity index (χ2v) is 4.31. The molecule has 0 aliphatic carbocycles. The number of aliphatic hydroxyl groups excluding tert-OH is 1. The monoisotopic (exact) mass is 198 g/mol. The normalized spacial score (nSPS) is 32.5. The maximum absolute atomic E-state index is 11.9. The lowest BCUT2D eigenvalue weighted by Crippen LogP contribution is -2.35. The van der Waals surface area contributed by atoms with Crippen LogP contribution in [0.15, 0.2) is 0 Å². The Kier molecular flexibility index (Phi) is 3.03. The van der Waals surface area contributed by atoms with Crippen molar-refractivity contribution in [3.63, 3.8) is 0 Å². The maximum Gasteiger partial charge on any atom is 0.227 e. The molecule has 2 N–H and O–H groups in total. The van der Waals surface area contributed by atoms with Crippen molar-refractivity contribution in [1.82, 2.24) is 10.2 Å². The molecule has 0 aromatic heterocycles. The van der Waals surface area contributed by atoms with E-state index in [1.165, 1.54) is 0 Å². The van der Waals surface area contributed by atoms with E-state index in [2.05, 4.69) is 5.32 Å². The Morgan fingerprint density at radius 1 is 1.50 bits per heavy atom. The predicted octanol–water partition coefficient (Wildman–Crippen LogP) is -0.563. The minimum atomic E-state index is 0.187. The van der Waals surface area contributed by atoms with E-state index in [0.717, 1.165) is 39.0 Å². The average molecular weight is 198 g/mol. The SMILES string of the molecule is O=C([C@@H]1CCNC1)N1CC[C@H](CO)C1. The van der Waals surface area contributed by atoms with Gasteiger partial charge in [-0.1, -0.05) is 0 Å². The van der Waals surface area contributed by atoms with Crippen molar-refractivity contribution < 1.29 is 9.90 Å². The number of carbonyl (C=O) groups is 1. The van der Waals surface area contributed by atoms with Gasteiger partial charge in [0.05, 0.1) is 5.92 Å². The fourth-order valence-electron chi connectivity index (χ4n) is 2.31. The van der Waals surface area contributed by atoms with E-state index in [9.17, 15) is 4.79 Å². The highest BCUT2D eigenvalue weighted by Gasteiger charge is 2.31. The number of amides is 1. The minimum Gasteiger partial charge on any atom is -0.396 e. The van der Waals surface area contributed by atoms with E-state index < -0.39 is 0 Å². The van der Waals surface area contributed by atoms with Crippen molar-refractivity contribution in [3.05, 3.63) is 0 Å². The first-order valence-electron chi connectivity index (χ1n) is 5.41. The van der Waals surface area contributed by atoms with Crippen molar-refractivity contribution in [2.45, 2.75) is 12.8 Å². The Morgan fingerprint density at radius 3 is 2.93 bits per heavy atom. The van der Waals surface area contributed by atoms with Crippen LogP contribution in [0.2, 0.25) is 0 Å². The molecule has 2 saturated heterocycles. The number of aliphatic hydroxyl groups is 1. The second kappa shape index (κ2) is 4.28. The molecule has 0 aromatic carbocycles. The van der Waals surface area contributed by atoms with Gasteiger partial charge in [-0.3, -0.25) is 4.79 Å². The van der Waals surface area contributed by atoms with Crippen molar-refractivity contribution in [1.29, 1.82) is 0 Å². The van der Waals surface area contributed by atoms with Gasteiger partial charge in [-0.15, -0.1) is 0 Å². The molecule has 80 valence electrons. The van der Waals surface area contributed by atoms with Crippen LogP contribution in [-0.2, 0) is 4.79 Å². The van der Waals surface area contributed by atoms with Gasteiger partial charge in [-0.2, -0.15) is 0 Å². The van der Waals surface area contributed by atoms with Crippen LogP contribution in [0, 0.1) is 11.8 Å². The summed E-state index contributed by atoms with van der Waals surface area (Å²) >= 11 is 0. The van der Waals surface area contributed by atoms with Crippen molar-refractivity contribution in [2.24, 2.45) is 11.8 Å². The van der Waals surface area contributed by atoms with Crippen molar-refractivity contribution >= 4 is 5.91 Å². The zero-order valence-electron chi connectivity index (χ0n) is 8.41. The van der Waals surface area contributed by atoms with Gasteiger partial charge in [0.1, 0.15) is 0 Å². The summed E-state index contributed by atoms with van der Waals surface area (Å²) in [6, 6.07) is 0. The Bertz CT molecular complexity index is 214. The van der Waals surface area contributed by atoms with Gasteiger partial charge in [0.25, 0.3) is 0 Å². The zero-order chi connectivity index (χ0) is 9.97. The first-order chi connectivity index (χ1) is 6.81. The third-order valence-electron chi connectivity index (χ3n) is 3.27. The van der Waals surface area contributed by atoms with E-state index in [1.54, 1.807) is 0 Å². The van der Waals surface area contributed by atoms with Gasteiger partial charge in [0.2, 0.25) is 5.91 Å². The quantitative estimate of drug-likeness (QED) is 0.625.